The third-order valence-electron chi connectivity index (χ3n) is 3.34. The lowest BCUT2D eigenvalue weighted by Crippen LogP contribution is -2.14. The van der Waals surface area contributed by atoms with Gasteiger partial charge < -0.3 is 10.1 Å². The minimum atomic E-state index is -0.606. The first-order chi connectivity index (χ1) is 11.5. The minimum Gasteiger partial charge on any atom is -0.453 e. The highest BCUT2D eigenvalue weighted by atomic mass is 32.1. The van der Waals surface area contributed by atoms with Gasteiger partial charge in [0, 0.05) is 17.5 Å². The number of ketones is 1. The fourth-order valence-corrected chi connectivity index (χ4v) is 2.64. The summed E-state index contributed by atoms with van der Waals surface area (Å²) in [7, 11) is 0. The maximum atomic E-state index is 12.1. The number of hydrogen-bond acceptors (Lipinski definition) is 6. The number of nitrogens with zero attached hydrogens (tertiary/aromatic N) is 1. The Kier molecular flexibility index (Phi) is 6.26. The second-order valence-corrected chi connectivity index (χ2v) is 6.34. The highest BCUT2D eigenvalue weighted by Crippen LogP contribution is 2.17. The van der Waals surface area contributed by atoms with Crippen molar-refractivity contribution in [2.24, 2.45) is 0 Å². The molecule has 0 saturated heterocycles. The van der Waals surface area contributed by atoms with Crippen molar-refractivity contribution in [1.29, 1.82) is 0 Å². The number of thiazole rings is 1. The van der Waals surface area contributed by atoms with Crippen LogP contribution in [0.25, 0.3) is 0 Å². The van der Waals surface area contributed by atoms with Gasteiger partial charge in [0.05, 0.1) is 0 Å². The molecule has 0 atom stereocenters. The maximum absolute atomic E-state index is 12.1. The van der Waals surface area contributed by atoms with Crippen LogP contribution >= 0.6 is 11.3 Å². The van der Waals surface area contributed by atoms with E-state index in [-0.39, 0.29) is 18.1 Å². The smallest absolute Gasteiger partial charge is 0.358 e. The Morgan fingerprint density at radius 2 is 2.04 bits per heavy atom. The number of carbonyl (C=O) groups is 2. The van der Waals surface area contributed by atoms with Gasteiger partial charge in [0.1, 0.15) is 0 Å². The van der Waals surface area contributed by atoms with Gasteiger partial charge in [0.15, 0.2) is 23.2 Å². The highest BCUT2D eigenvalue weighted by Gasteiger charge is 2.15. The molecule has 24 heavy (non-hydrogen) atoms. The van der Waals surface area contributed by atoms with Crippen molar-refractivity contribution in [3.05, 3.63) is 59.1 Å². The molecule has 1 aromatic carbocycles. The van der Waals surface area contributed by atoms with E-state index < -0.39 is 5.97 Å². The topological polar surface area (TPSA) is 68.3 Å². The predicted octanol–water partition coefficient (Wildman–Crippen LogP) is 3.90. The van der Waals surface area contributed by atoms with Gasteiger partial charge >= 0.3 is 5.97 Å². The van der Waals surface area contributed by atoms with Crippen LogP contribution in [0.3, 0.4) is 0 Å². The predicted molar refractivity (Wildman–Crippen MR) is 95.9 cm³/mol. The van der Waals surface area contributed by atoms with Crippen molar-refractivity contribution in [2.75, 3.05) is 18.5 Å². The molecule has 2 aromatic rings. The average molecular weight is 344 g/mol. The van der Waals surface area contributed by atoms with Gasteiger partial charge in [-0.2, -0.15) is 0 Å². The molecule has 0 aliphatic heterocycles. The molecule has 0 bridgehead atoms. The Hall–Kier alpha value is -2.47. The summed E-state index contributed by atoms with van der Waals surface area (Å²) in [4.78, 5) is 28.1. The zero-order valence-electron chi connectivity index (χ0n) is 13.7. The van der Waals surface area contributed by atoms with E-state index in [0.717, 1.165) is 5.56 Å². The zero-order chi connectivity index (χ0) is 17.5. The normalized spacial score (nSPS) is 10.5. The number of rotatable bonds is 8. The van der Waals surface area contributed by atoms with Gasteiger partial charge in [-0.3, -0.25) is 4.79 Å². The molecule has 0 unspecified atom stereocenters. The second-order valence-electron chi connectivity index (χ2n) is 5.48. The van der Waals surface area contributed by atoms with Crippen LogP contribution < -0.4 is 5.32 Å². The molecule has 0 saturated carbocycles. The molecule has 1 heterocycles. The Balaban J connectivity index is 1.89. The maximum Gasteiger partial charge on any atom is 0.358 e. The number of aromatic nitrogens is 1. The lowest BCUT2D eigenvalue weighted by atomic mass is 10.0. The minimum absolute atomic E-state index is 0.189. The fourth-order valence-electron chi connectivity index (χ4n) is 1.95. The molecule has 0 fully saturated rings. The monoisotopic (exact) mass is 344 g/mol. The molecule has 0 aliphatic carbocycles. The first-order valence-electron chi connectivity index (χ1n) is 7.62. The third kappa shape index (κ3) is 4.76. The van der Waals surface area contributed by atoms with E-state index in [1.807, 2.05) is 12.1 Å². The van der Waals surface area contributed by atoms with Crippen molar-refractivity contribution in [1.82, 2.24) is 4.98 Å². The molecule has 0 radical (unpaired) electrons. The van der Waals surface area contributed by atoms with Crippen molar-refractivity contribution in [2.45, 2.75) is 19.8 Å². The van der Waals surface area contributed by atoms with Crippen LogP contribution in [0.4, 0.5) is 5.13 Å². The standard InChI is InChI=1S/C18H20N2O3S/c1-4-9-19-18-20-15(11-24-18)17(22)23-10-16(21)14-7-5-13(6-8-14)12(2)3/h4-8,11-12H,1,9-10H2,2-3H3,(H,19,20). The van der Waals surface area contributed by atoms with Gasteiger partial charge in [-0.05, 0) is 11.5 Å². The lowest BCUT2D eigenvalue weighted by molar-refractivity contribution is 0.0470. The van der Waals surface area contributed by atoms with E-state index >= 15 is 0 Å². The number of hydrogen-bond donors (Lipinski definition) is 1. The number of benzene rings is 1. The number of esters is 1. The van der Waals surface area contributed by atoms with E-state index in [1.165, 1.54) is 11.3 Å². The Morgan fingerprint density at radius 1 is 1.33 bits per heavy atom. The van der Waals surface area contributed by atoms with Crippen LogP contribution in [0, 0.1) is 0 Å². The van der Waals surface area contributed by atoms with Crippen LogP contribution in [-0.2, 0) is 4.74 Å². The first kappa shape index (κ1) is 17.9. The first-order valence-corrected chi connectivity index (χ1v) is 8.49. The van der Waals surface area contributed by atoms with Gasteiger partial charge in [-0.15, -0.1) is 17.9 Å². The molecule has 6 heteroatoms. The van der Waals surface area contributed by atoms with Crippen molar-refractivity contribution >= 4 is 28.2 Å². The van der Waals surface area contributed by atoms with E-state index in [2.05, 4.69) is 30.7 Å². The highest BCUT2D eigenvalue weighted by molar-refractivity contribution is 7.13. The summed E-state index contributed by atoms with van der Waals surface area (Å²) in [5, 5.41) is 5.19. The SMILES string of the molecule is C=CCNc1nc(C(=O)OCC(=O)c2ccc(C(C)C)cc2)cs1. The molecule has 2 rings (SSSR count). The number of carbonyl (C=O) groups excluding carboxylic acids is 2. The van der Waals surface area contributed by atoms with Crippen LogP contribution in [0.1, 0.15) is 46.2 Å². The van der Waals surface area contributed by atoms with E-state index in [1.54, 1.807) is 23.6 Å². The summed E-state index contributed by atoms with van der Waals surface area (Å²) in [6.07, 6.45) is 1.70. The van der Waals surface area contributed by atoms with Crippen LogP contribution in [0.5, 0.6) is 0 Å². The molecule has 1 aromatic heterocycles. The summed E-state index contributed by atoms with van der Waals surface area (Å²) in [5.41, 5.74) is 1.87. The average Bonchev–Trinajstić information content (AvgIpc) is 3.06. The van der Waals surface area contributed by atoms with E-state index in [9.17, 15) is 9.59 Å². The molecule has 0 spiro atoms. The summed E-state index contributed by atoms with van der Waals surface area (Å²) in [6.45, 7) is 8.03. The van der Waals surface area contributed by atoms with Crippen LogP contribution in [0.2, 0.25) is 0 Å². The van der Waals surface area contributed by atoms with Gasteiger partial charge in [0.25, 0.3) is 0 Å². The van der Waals surface area contributed by atoms with Crippen molar-refractivity contribution in [3.63, 3.8) is 0 Å². The molecular weight excluding hydrogens is 324 g/mol. The largest absolute Gasteiger partial charge is 0.453 e. The van der Waals surface area contributed by atoms with E-state index in [4.69, 9.17) is 4.74 Å². The van der Waals surface area contributed by atoms with Crippen LogP contribution in [0.15, 0.2) is 42.3 Å². The summed E-state index contributed by atoms with van der Waals surface area (Å²) < 4.78 is 5.05. The Morgan fingerprint density at radius 3 is 2.67 bits per heavy atom. The van der Waals surface area contributed by atoms with E-state index in [0.29, 0.717) is 23.2 Å². The molecular formula is C18H20N2O3S. The lowest BCUT2D eigenvalue weighted by Gasteiger charge is -2.06. The summed E-state index contributed by atoms with van der Waals surface area (Å²) >= 11 is 1.30. The van der Waals surface area contributed by atoms with Crippen molar-refractivity contribution < 1.29 is 14.3 Å². The number of nitrogens with one attached hydrogen (secondary N) is 1. The number of ether oxygens (including phenoxy) is 1. The van der Waals surface area contributed by atoms with Crippen molar-refractivity contribution in [3.8, 4) is 0 Å². The molecule has 126 valence electrons. The molecule has 0 aliphatic rings. The Labute approximate surface area is 145 Å². The molecule has 5 nitrogen and oxygen atoms in total. The van der Waals surface area contributed by atoms with Gasteiger partial charge in [0.2, 0.25) is 0 Å². The quantitative estimate of drug-likeness (QED) is 0.447. The number of anilines is 1. The second kappa shape index (κ2) is 8.40. The molecule has 1 N–H and O–H groups in total. The Bertz CT molecular complexity index is 720. The fraction of sp³-hybridized carbons (Fsp3) is 0.278. The van der Waals surface area contributed by atoms with Crippen LogP contribution in [-0.4, -0.2) is 29.9 Å². The molecule has 0 amide bonds. The van der Waals surface area contributed by atoms with Gasteiger partial charge in [-0.1, -0.05) is 44.2 Å². The third-order valence-corrected chi connectivity index (χ3v) is 4.14. The zero-order valence-corrected chi connectivity index (χ0v) is 14.6. The summed E-state index contributed by atoms with van der Waals surface area (Å²) in [5.74, 6) is -0.440. The number of Topliss-reactive ketones (excluding diaryl/α,β-unsaturated/α-hetero) is 1. The van der Waals surface area contributed by atoms with Gasteiger partial charge in [-0.25, -0.2) is 9.78 Å². The summed E-state index contributed by atoms with van der Waals surface area (Å²) in [6, 6.07) is 7.34.